The lowest BCUT2D eigenvalue weighted by Gasteiger charge is -2.26. The molecule has 0 fully saturated rings. The van der Waals surface area contributed by atoms with Crippen LogP contribution in [0.1, 0.15) is 48.3 Å². The van der Waals surface area contributed by atoms with E-state index in [0.29, 0.717) is 18.6 Å². The Morgan fingerprint density at radius 3 is 2.00 bits per heavy atom. The fourth-order valence-corrected chi connectivity index (χ4v) is 4.52. The Morgan fingerprint density at radius 1 is 0.800 bits per heavy atom. The number of unbranched alkanes of at least 4 members (excludes halogenated alkanes) is 1. The molecule has 1 unspecified atom stereocenters. The maximum atomic E-state index is 11.6. The lowest BCUT2D eigenvalue weighted by Crippen LogP contribution is -2.10. The number of benzene rings is 3. The molecule has 3 rings (SSSR count). The highest BCUT2D eigenvalue weighted by atomic mass is 16.7. The van der Waals surface area contributed by atoms with Gasteiger partial charge in [-0.1, -0.05) is 42.8 Å². The number of hydrogen-bond donors (Lipinski definition) is 0. The molecule has 0 aliphatic carbocycles. The van der Waals surface area contributed by atoms with Gasteiger partial charge in [-0.15, -0.1) is 0 Å². The van der Waals surface area contributed by atoms with E-state index in [4.69, 9.17) is 18.9 Å². The third-order valence-corrected chi connectivity index (χ3v) is 6.16. The van der Waals surface area contributed by atoms with E-state index in [1.807, 2.05) is 43.3 Å². The van der Waals surface area contributed by atoms with Gasteiger partial charge in [0.15, 0.2) is 0 Å². The summed E-state index contributed by atoms with van der Waals surface area (Å²) in [4.78, 5) is 23.1. The second kappa shape index (κ2) is 12.1. The first-order valence-corrected chi connectivity index (χ1v) is 11.5. The summed E-state index contributed by atoms with van der Waals surface area (Å²) in [5, 5.41) is 1.96. The summed E-state index contributed by atoms with van der Waals surface area (Å²) in [6.07, 6.45) is 1.88. The molecule has 0 spiro atoms. The molecule has 0 N–H and O–H groups in total. The van der Waals surface area contributed by atoms with Gasteiger partial charge in [-0.2, -0.15) is 0 Å². The van der Waals surface area contributed by atoms with E-state index in [1.54, 1.807) is 26.4 Å². The Kier molecular flexibility index (Phi) is 8.95. The number of esters is 1. The SMILES string of the molecule is COC(=O)CCCCC(c1ccc(OC(=O)OC)cc1)c1c(C)c(OC)c2ccccc2c1OC. The summed E-state index contributed by atoms with van der Waals surface area (Å²) in [5.74, 6) is 1.73. The first-order valence-electron chi connectivity index (χ1n) is 11.5. The maximum Gasteiger partial charge on any atom is 0.513 e. The second-order valence-corrected chi connectivity index (χ2v) is 8.15. The molecule has 3 aromatic rings. The van der Waals surface area contributed by atoms with Crippen LogP contribution in [-0.4, -0.2) is 40.6 Å². The molecule has 0 saturated carbocycles. The van der Waals surface area contributed by atoms with Crippen LogP contribution < -0.4 is 14.2 Å². The quantitative estimate of drug-likeness (QED) is 0.195. The molecule has 7 heteroatoms. The molecule has 0 bridgehead atoms. The monoisotopic (exact) mass is 480 g/mol. The minimum absolute atomic E-state index is 0.0479. The molecule has 0 aromatic heterocycles. The van der Waals surface area contributed by atoms with Crippen molar-refractivity contribution >= 4 is 22.9 Å². The van der Waals surface area contributed by atoms with Crippen molar-refractivity contribution in [2.45, 2.75) is 38.5 Å². The summed E-state index contributed by atoms with van der Waals surface area (Å²) < 4.78 is 26.3. The van der Waals surface area contributed by atoms with Gasteiger partial charge >= 0.3 is 12.1 Å². The van der Waals surface area contributed by atoms with Gasteiger partial charge < -0.3 is 23.7 Å². The van der Waals surface area contributed by atoms with Gasteiger partial charge in [-0.25, -0.2) is 4.79 Å². The average molecular weight is 481 g/mol. The predicted molar refractivity (Wildman–Crippen MR) is 134 cm³/mol. The van der Waals surface area contributed by atoms with Gasteiger partial charge in [0.25, 0.3) is 0 Å². The van der Waals surface area contributed by atoms with Crippen molar-refractivity contribution in [1.29, 1.82) is 0 Å². The molecule has 0 aliphatic rings. The van der Waals surface area contributed by atoms with Crippen LogP contribution >= 0.6 is 0 Å². The Hall–Kier alpha value is -3.74. The van der Waals surface area contributed by atoms with Crippen LogP contribution in [0.4, 0.5) is 4.79 Å². The van der Waals surface area contributed by atoms with Crippen molar-refractivity contribution in [2.24, 2.45) is 0 Å². The van der Waals surface area contributed by atoms with Crippen molar-refractivity contribution in [2.75, 3.05) is 28.4 Å². The van der Waals surface area contributed by atoms with Gasteiger partial charge in [0.2, 0.25) is 0 Å². The van der Waals surface area contributed by atoms with Crippen molar-refractivity contribution in [3.05, 3.63) is 65.2 Å². The number of methoxy groups -OCH3 is 4. The fraction of sp³-hybridized carbons (Fsp3) is 0.357. The van der Waals surface area contributed by atoms with E-state index >= 15 is 0 Å². The highest BCUT2D eigenvalue weighted by Crippen LogP contribution is 2.47. The van der Waals surface area contributed by atoms with Crippen LogP contribution in [0.25, 0.3) is 10.8 Å². The summed E-state index contributed by atoms with van der Waals surface area (Å²) in [6.45, 7) is 2.04. The highest BCUT2D eigenvalue weighted by molar-refractivity contribution is 5.96. The molecular formula is C28H32O7. The van der Waals surface area contributed by atoms with Crippen molar-refractivity contribution in [1.82, 2.24) is 0 Å². The van der Waals surface area contributed by atoms with Gasteiger partial charge in [-0.3, -0.25) is 4.79 Å². The molecule has 0 radical (unpaired) electrons. The molecule has 0 amide bonds. The van der Waals surface area contributed by atoms with Crippen molar-refractivity contribution < 1.29 is 33.3 Å². The van der Waals surface area contributed by atoms with Gasteiger partial charge in [0.1, 0.15) is 17.2 Å². The van der Waals surface area contributed by atoms with Crippen LogP contribution in [0.2, 0.25) is 0 Å². The third kappa shape index (κ3) is 5.85. The summed E-state index contributed by atoms with van der Waals surface area (Å²) in [7, 11) is 6.02. The van der Waals surface area contributed by atoms with Crippen molar-refractivity contribution in [3.8, 4) is 17.2 Å². The fourth-order valence-electron chi connectivity index (χ4n) is 4.52. The molecule has 0 aliphatic heterocycles. The van der Waals surface area contributed by atoms with Crippen LogP contribution in [0.3, 0.4) is 0 Å². The first-order chi connectivity index (χ1) is 16.9. The summed E-state index contributed by atoms with van der Waals surface area (Å²) in [6, 6.07) is 15.4. The normalized spacial score (nSPS) is 11.6. The Bertz CT molecular complexity index is 1170. The van der Waals surface area contributed by atoms with E-state index in [2.05, 4.69) is 4.74 Å². The Balaban J connectivity index is 2.09. The molecule has 186 valence electrons. The van der Waals surface area contributed by atoms with Gasteiger partial charge in [0.05, 0.1) is 28.4 Å². The van der Waals surface area contributed by atoms with E-state index in [9.17, 15) is 9.59 Å². The summed E-state index contributed by atoms with van der Waals surface area (Å²) >= 11 is 0. The number of fused-ring (bicyclic) bond motifs is 1. The minimum Gasteiger partial charge on any atom is -0.496 e. The smallest absolute Gasteiger partial charge is 0.496 e. The van der Waals surface area contributed by atoms with Crippen LogP contribution in [-0.2, 0) is 14.3 Å². The van der Waals surface area contributed by atoms with E-state index < -0.39 is 6.16 Å². The van der Waals surface area contributed by atoms with E-state index in [1.165, 1.54) is 14.2 Å². The van der Waals surface area contributed by atoms with Gasteiger partial charge in [0, 0.05) is 28.7 Å². The zero-order valence-corrected chi connectivity index (χ0v) is 20.9. The topological polar surface area (TPSA) is 80.3 Å². The summed E-state index contributed by atoms with van der Waals surface area (Å²) in [5.41, 5.74) is 3.05. The number of ether oxygens (including phenoxy) is 5. The highest BCUT2D eigenvalue weighted by Gasteiger charge is 2.26. The first kappa shape index (κ1) is 25.9. The lowest BCUT2D eigenvalue weighted by molar-refractivity contribution is -0.140. The average Bonchev–Trinajstić information content (AvgIpc) is 2.88. The third-order valence-electron chi connectivity index (χ3n) is 6.16. The molecular weight excluding hydrogens is 448 g/mol. The van der Waals surface area contributed by atoms with Gasteiger partial charge in [-0.05, 0) is 43.0 Å². The van der Waals surface area contributed by atoms with E-state index in [0.717, 1.165) is 51.8 Å². The number of rotatable bonds is 10. The van der Waals surface area contributed by atoms with Crippen molar-refractivity contribution in [3.63, 3.8) is 0 Å². The largest absolute Gasteiger partial charge is 0.513 e. The Morgan fingerprint density at radius 2 is 1.43 bits per heavy atom. The maximum absolute atomic E-state index is 11.6. The molecule has 1 atom stereocenters. The number of carbonyl (C=O) groups is 2. The second-order valence-electron chi connectivity index (χ2n) is 8.15. The number of carbonyl (C=O) groups excluding carboxylic acids is 2. The predicted octanol–water partition coefficient (Wildman–Crippen LogP) is 6.18. The Labute approximate surface area is 205 Å². The van der Waals surface area contributed by atoms with Crippen LogP contribution in [0.15, 0.2) is 48.5 Å². The molecule has 0 saturated heterocycles. The molecule has 3 aromatic carbocycles. The van der Waals surface area contributed by atoms with E-state index in [-0.39, 0.29) is 11.9 Å². The molecule has 35 heavy (non-hydrogen) atoms. The lowest BCUT2D eigenvalue weighted by atomic mass is 9.82. The van der Waals surface area contributed by atoms with Crippen LogP contribution in [0.5, 0.6) is 17.2 Å². The number of hydrogen-bond acceptors (Lipinski definition) is 7. The standard InChI is InChI=1S/C28H32O7/c1-18-25(27(33-4)23-12-7-6-11-22(23)26(18)32-3)21(10-8-9-13-24(29)31-2)19-14-16-20(17-15-19)35-28(30)34-5/h6-7,11-12,14-17,21H,8-10,13H2,1-5H3. The zero-order chi connectivity index (χ0) is 25.4. The molecule has 7 nitrogen and oxygen atoms in total. The van der Waals surface area contributed by atoms with Crippen LogP contribution in [0, 0.1) is 6.92 Å². The molecule has 0 heterocycles. The minimum atomic E-state index is -0.770. The zero-order valence-electron chi connectivity index (χ0n) is 20.9.